The lowest BCUT2D eigenvalue weighted by Crippen LogP contribution is -2.21. The molecule has 2 rings (SSSR count). The van der Waals surface area contributed by atoms with E-state index in [4.69, 9.17) is 0 Å². The molecule has 0 heterocycles. The molecule has 4 heteroatoms. The summed E-state index contributed by atoms with van der Waals surface area (Å²) in [5, 5.41) is 2.95. The SMILES string of the molecule is CNC(Cc1cccc(F)c1F)c1cc(C)ccc1F. The highest BCUT2D eigenvalue weighted by molar-refractivity contribution is 5.29. The first-order chi connectivity index (χ1) is 9.52. The van der Waals surface area contributed by atoms with Crippen molar-refractivity contribution in [2.45, 2.75) is 19.4 Å². The first-order valence-electron chi connectivity index (χ1n) is 6.39. The number of hydrogen-bond donors (Lipinski definition) is 1. The molecule has 0 bridgehead atoms. The predicted molar refractivity (Wildman–Crippen MR) is 73.0 cm³/mol. The van der Waals surface area contributed by atoms with E-state index in [0.717, 1.165) is 11.6 Å². The van der Waals surface area contributed by atoms with Crippen molar-refractivity contribution in [2.75, 3.05) is 7.05 Å². The van der Waals surface area contributed by atoms with Gasteiger partial charge in [-0.3, -0.25) is 0 Å². The second-order valence-corrected chi connectivity index (χ2v) is 4.78. The Kier molecular flexibility index (Phi) is 4.45. The molecule has 20 heavy (non-hydrogen) atoms. The lowest BCUT2D eigenvalue weighted by atomic mass is 9.97. The van der Waals surface area contributed by atoms with E-state index >= 15 is 0 Å². The number of rotatable bonds is 4. The molecule has 2 aromatic rings. The van der Waals surface area contributed by atoms with Crippen LogP contribution in [0.1, 0.15) is 22.7 Å². The first kappa shape index (κ1) is 14.6. The summed E-state index contributed by atoms with van der Waals surface area (Å²) in [4.78, 5) is 0. The summed E-state index contributed by atoms with van der Waals surface area (Å²) in [7, 11) is 1.67. The normalized spacial score (nSPS) is 12.4. The number of halogens is 3. The van der Waals surface area contributed by atoms with Gasteiger partial charge in [0.25, 0.3) is 0 Å². The molecule has 0 spiro atoms. The molecule has 0 aliphatic rings. The molecule has 0 fully saturated rings. The largest absolute Gasteiger partial charge is 0.313 e. The fourth-order valence-electron chi connectivity index (χ4n) is 2.22. The second kappa shape index (κ2) is 6.09. The van der Waals surface area contributed by atoms with Gasteiger partial charge in [0.05, 0.1) is 0 Å². The smallest absolute Gasteiger partial charge is 0.162 e. The van der Waals surface area contributed by atoms with Gasteiger partial charge in [-0.1, -0.05) is 29.8 Å². The third kappa shape index (κ3) is 3.02. The molecule has 1 atom stereocenters. The highest BCUT2D eigenvalue weighted by atomic mass is 19.2. The number of nitrogens with one attached hydrogen (secondary N) is 1. The van der Waals surface area contributed by atoms with E-state index in [1.165, 1.54) is 18.2 Å². The van der Waals surface area contributed by atoms with Gasteiger partial charge in [0.1, 0.15) is 5.82 Å². The van der Waals surface area contributed by atoms with Gasteiger partial charge in [-0.05, 0) is 38.1 Å². The van der Waals surface area contributed by atoms with E-state index in [2.05, 4.69) is 5.32 Å². The van der Waals surface area contributed by atoms with Crippen molar-refractivity contribution in [2.24, 2.45) is 0 Å². The second-order valence-electron chi connectivity index (χ2n) is 4.78. The highest BCUT2D eigenvalue weighted by Gasteiger charge is 2.18. The lowest BCUT2D eigenvalue weighted by molar-refractivity contribution is 0.480. The Bertz CT molecular complexity index is 611. The zero-order chi connectivity index (χ0) is 14.7. The molecule has 1 unspecified atom stereocenters. The summed E-state index contributed by atoms with van der Waals surface area (Å²) in [6.07, 6.45) is 0.181. The van der Waals surface area contributed by atoms with Crippen LogP contribution in [0.4, 0.5) is 13.2 Å². The first-order valence-corrected chi connectivity index (χ1v) is 6.39. The zero-order valence-electron chi connectivity index (χ0n) is 11.4. The molecule has 0 aliphatic carbocycles. The molecule has 0 saturated carbocycles. The van der Waals surface area contributed by atoms with Gasteiger partial charge < -0.3 is 5.32 Å². The molecular weight excluding hydrogens is 263 g/mol. The van der Waals surface area contributed by atoms with Crippen LogP contribution in [0.3, 0.4) is 0 Å². The summed E-state index contributed by atoms with van der Waals surface area (Å²) in [6.45, 7) is 1.86. The van der Waals surface area contributed by atoms with E-state index in [1.807, 2.05) is 6.92 Å². The molecule has 1 nitrogen and oxygen atoms in total. The van der Waals surface area contributed by atoms with Crippen LogP contribution in [0.2, 0.25) is 0 Å². The molecular formula is C16H16F3N. The minimum Gasteiger partial charge on any atom is -0.313 e. The van der Waals surface area contributed by atoms with E-state index < -0.39 is 17.7 Å². The third-order valence-electron chi connectivity index (χ3n) is 3.33. The minimum atomic E-state index is -0.887. The molecule has 2 aromatic carbocycles. The molecule has 0 radical (unpaired) electrons. The Morgan fingerprint density at radius 1 is 1.05 bits per heavy atom. The predicted octanol–water partition coefficient (Wildman–Crippen LogP) is 3.92. The maximum absolute atomic E-state index is 13.9. The average Bonchev–Trinajstić information content (AvgIpc) is 2.43. The quantitative estimate of drug-likeness (QED) is 0.894. The van der Waals surface area contributed by atoms with Crippen LogP contribution in [0, 0.1) is 24.4 Å². The Morgan fingerprint density at radius 2 is 1.80 bits per heavy atom. The summed E-state index contributed by atoms with van der Waals surface area (Å²) in [6, 6.07) is 8.40. The Morgan fingerprint density at radius 3 is 2.50 bits per heavy atom. The van der Waals surface area contributed by atoms with Crippen molar-refractivity contribution in [1.82, 2.24) is 5.32 Å². The van der Waals surface area contributed by atoms with Crippen molar-refractivity contribution >= 4 is 0 Å². The average molecular weight is 279 g/mol. The molecule has 1 N–H and O–H groups in total. The molecule has 0 amide bonds. The summed E-state index contributed by atoms with van der Waals surface area (Å²) in [5.41, 5.74) is 1.60. The van der Waals surface area contributed by atoms with E-state index in [0.29, 0.717) is 5.56 Å². The number of aryl methyl sites for hydroxylation is 1. The summed E-state index contributed by atoms with van der Waals surface area (Å²) < 4.78 is 40.8. The topological polar surface area (TPSA) is 12.0 Å². The maximum atomic E-state index is 13.9. The van der Waals surface area contributed by atoms with Crippen molar-refractivity contribution in [1.29, 1.82) is 0 Å². The van der Waals surface area contributed by atoms with Crippen molar-refractivity contribution in [3.8, 4) is 0 Å². The van der Waals surface area contributed by atoms with Gasteiger partial charge >= 0.3 is 0 Å². The van der Waals surface area contributed by atoms with Crippen molar-refractivity contribution in [3.05, 3.63) is 70.5 Å². The summed E-state index contributed by atoms with van der Waals surface area (Å²) >= 11 is 0. The van der Waals surface area contributed by atoms with E-state index in [-0.39, 0.29) is 17.8 Å². The number of hydrogen-bond acceptors (Lipinski definition) is 1. The van der Waals surface area contributed by atoms with E-state index in [9.17, 15) is 13.2 Å². The zero-order valence-corrected chi connectivity index (χ0v) is 11.4. The van der Waals surface area contributed by atoms with Gasteiger partial charge in [-0.2, -0.15) is 0 Å². The molecule has 106 valence electrons. The minimum absolute atomic E-state index is 0.181. The maximum Gasteiger partial charge on any atom is 0.162 e. The van der Waals surface area contributed by atoms with Crippen LogP contribution < -0.4 is 5.32 Å². The van der Waals surface area contributed by atoms with Crippen LogP contribution in [-0.4, -0.2) is 7.05 Å². The third-order valence-corrected chi connectivity index (χ3v) is 3.33. The standard InChI is InChI=1S/C16H16F3N/c1-10-6-7-13(17)12(8-10)15(20-2)9-11-4-3-5-14(18)16(11)19/h3-8,15,20H,9H2,1-2H3. The van der Waals surface area contributed by atoms with Gasteiger partial charge in [-0.15, -0.1) is 0 Å². The van der Waals surface area contributed by atoms with Gasteiger partial charge in [-0.25, -0.2) is 13.2 Å². The number of benzene rings is 2. The van der Waals surface area contributed by atoms with Gasteiger partial charge in [0, 0.05) is 11.6 Å². The molecule has 0 saturated heterocycles. The number of likely N-dealkylation sites (N-methyl/N-ethyl adjacent to an activating group) is 1. The van der Waals surface area contributed by atoms with Gasteiger partial charge in [0.15, 0.2) is 11.6 Å². The van der Waals surface area contributed by atoms with Crippen LogP contribution in [0.25, 0.3) is 0 Å². The van der Waals surface area contributed by atoms with E-state index in [1.54, 1.807) is 19.2 Å². The van der Waals surface area contributed by atoms with Crippen LogP contribution >= 0.6 is 0 Å². The van der Waals surface area contributed by atoms with Gasteiger partial charge in [0.2, 0.25) is 0 Å². The Hall–Kier alpha value is -1.81. The highest BCUT2D eigenvalue weighted by Crippen LogP contribution is 2.24. The monoisotopic (exact) mass is 279 g/mol. The van der Waals surface area contributed by atoms with Crippen molar-refractivity contribution in [3.63, 3.8) is 0 Å². The van der Waals surface area contributed by atoms with Crippen LogP contribution in [0.15, 0.2) is 36.4 Å². The fraction of sp³-hybridized carbons (Fsp3) is 0.250. The lowest BCUT2D eigenvalue weighted by Gasteiger charge is -2.18. The Labute approximate surface area is 116 Å². The molecule has 0 aromatic heterocycles. The van der Waals surface area contributed by atoms with Crippen LogP contribution in [0.5, 0.6) is 0 Å². The summed E-state index contributed by atoms with van der Waals surface area (Å²) in [5.74, 6) is -2.12. The molecule has 0 aliphatic heterocycles. The van der Waals surface area contributed by atoms with Crippen molar-refractivity contribution < 1.29 is 13.2 Å². The Balaban J connectivity index is 2.34. The van der Waals surface area contributed by atoms with Crippen LogP contribution in [-0.2, 0) is 6.42 Å². The fourth-order valence-corrected chi connectivity index (χ4v) is 2.22.